The molecule has 3 aromatic rings. The van der Waals surface area contributed by atoms with Gasteiger partial charge >= 0.3 is 12.1 Å². The van der Waals surface area contributed by atoms with Gasteiger partial charge in [0.05, 0.1) is 24.8 Å². The molecule has 1 fully saturated rings. The second-order valence-electron chi connectivity index (χ2n) is 11.1. The van der Waals surface area contributed by atoms with Crippen molar-refractivity contribution >= 4 is 23.0 Å². The van der Waals surface area contributed by atoms with Crippen LogP contribution in [-0.2, 0) is 16.0 Å². The molecule has 0 saturated carbocycles. The van der Waals surface area contributed by atoms with Crippen LogP contribution in [0.2, 0.25) is 0 Å². The Morgan fingerprint density at radius 1 is 1.12 bits per heavy atom. The molecule has 0 amide bonds. The molecule has 1 aliphatic heterocycles. The zero-order valence-corrected chi connectivity index (χ0v) is 24.1. The van der Waals surface area contributed by atoms with Crippen molar-refractivity contribution in [2.45, 2.75) is 78.5 Å². The molecule has 4 rings (SSSR count). The Labute approximate surface area is 234 Å². The number of esters is 1. The van der Waals surface area contributed by atoms with Crippen LogP contribution in [0, 0.1) is 6.92 Å². The highest BCUT2D eigenvalue weighted by Gasteiger charge is 2.31. The van der Waals surface area contributed by atoms with E-state index in [2.05, 4.69) is 4.90 Å². The number of alkyl halides is 2. The molecule has 1 saturated heterocycles. The summed E-state index contributed by atoms with van der Waals surface area (Å²) in [4.78, 5) is 27.4. The highest BCUT2D eigenvalue weighted by molar-refractivity contribution is 5.95. The Kier molecular flexibility index (Phi) is 8.83. The first-order valence-electron chi connectivity index (χ1n) is 13.7. The molecule has 0 spiro atoms. The SMILES string of the molecule is CCOC(=O)c1ccc(C2CCCCN2Cc2c(OC)cc(C)c3c2ccn3C(=O)OC(C)(C)C)c(C(F)F)c1. The number of likely N-dealkylation sites (tertiary alicyclic amines) is 1. The molecule has 9 heteroatoms. The van der Waals surface area contributed by atoms with Crippen LogP contribution in [0.25, 0.3) is 10.9 Å². The second kappa shape index (κ2) is 12.0. The van der Waals surface area contributed by atoms with Crippen molar-refractivity contribution in [3.8, 4) is 5.75 Å². The van der Waals surface area contributed by atoms with Crippen molar-refractivity contribution < 1.29 is 32.6 Å². The quantitative estimate of drug-likeness (QED) is 0.279. The molecule has 0 N–H and O–H groups in total. The fourth-order valence-electron chi connectivity index (χ4n) is 5.52. The number of aromatic nitrogens is 1. The monoisotopic (exact) mass is 556 g/mol. The van der Waals surface area contributed by atoms with Crippen molar-refractivity contribution in [3.05, 3.63) is 64.3 Å². The van der Waals surface area contributed by atoms with Gasteiger partial charge in [-0.1, -0.05) is 12.5 Å². The Balaban J connectivity index is 1.75. The summed E-state index contributed by atoms with van der Waals surface area (Å²) in [5.41, 5.74) is 2.29. The number of methoxy groups -OCH3 is 1. The number of rotatable bonds is 7. The third-order valence-corrected chi connectivity index (χ3v) is 7.21. The minimum atomic E-state index is -2.74. The van der Waals surface area contributed by atoms with E-state index in [4.69, 9.17) is 14.2 Å². The van der Waals surface area contributed by atoms with Crippen LogP contribution in [0.15, 0.2) is 36.5 Å². The Hall–Kier alpha value is -3.46. The maximum Gasteiger partial charge on any atom is 0.419 e. The molecule has 2 aromatic carbocycles. The zero-order valence-electron chi connectivity index (χ0n) is 24.1. The first kappa shape index (κ1) is 29.5. The van der Waals surface area contributed by atoms with E-state index >= 15 is 0 Å². The standard InChI is InChI=1S/C31H38F2N2O5/c1-7-39-29(36)20-11-12-21(23(17-20)28(32)33)25-10-8-9-14-34(25)18-24-22-13-15-35(30(37)40-31(3,4)5)27(22)19(2)16-26(24)38-6/h11-13,15-17,25,28H,7-10,14,18H2,1-6H3. The average Bonchev–Trinajstić information content (AvgIpc) is 3.35. The summed E-state index contributed by atoms with van der Waals surface area (Å²) in [6.07, 6.45) is 1.02. The van der Waals surface area contributed by atoms with Gasteiger partial charge in [-0.15, -0.1) is 0 Å². The maximum absolute atomic E-state index is 14.3. The number of fused-ring (bicyclic) bond motifs is 1. The minimum absolute atomic E-state index is 0.119. The van der Waals surface area contributed by atoms with Crippen LogP contribution in [0.5, 0.6) is 5.75 Å². The lowest BCUT2D eigenvalue weighted by molar-refractivity contribution is 0.0521. The predicted molar refractivity (Wildman–Crippen MR) is 149 cm³/mol. The summed E-state index contributed by atoms with van der Waals surface area (Å²) in [6, 6.07) is 7.96. The van der Waals surface area contributed by atoms with Crippen molar-refractivity contribution in [1.29, 1.82) is 0 Å². The van der Waals surface area contributed by atoms with E-state index in [9.17, 15) is 18.4 Å². The summed E-state index contributed by atoms with van der Waals surface area (Å²) >= 11 is 0. The summed E-state index contributed by atoms with van der Waals surface area (Å²) in [5.74, 6) is 0.0562. The van der Waals surface area contributed by atoms with Crippen LogP contribution in [0.4, 0.5) is 13.6 Å². The first-order chi connectivity index (χ1) is 18.9. The molecular formula is C31H38F2N2O5. The lowest BCUT2D eigenvalue weighted by Gasteiger charge is -2.37. The Bertz CT molecular complexity index is 1390. The topological polar surface area (TPSA) is 70.0 Å². The fourth-order valence-corrected chi connectivity index (χ4v) is 5.52. The fraction of sp³-hybridized carbons (Fsp3) is 0.484. The molecule has 0 aliphatic carbocycles. The Morgan fingerprint density at radius 2 is 1.88 bits per heavy atom. The Morgan fingerprint density at radius 3 is 2.52 bits per heavy atom. The van der Waals surface area contributed by atoms with Gasteiger partial charge in [-0.3, -0.25) is 9.47 Å². The van der Waals surface area contributed by atoms with Gasteiger partial charge in [0, 0.05) is 35.3 Å². The van der Waals surface area contributed by atoms with Crippen LogP contribution in [0.1, 0.15) is 92.0 Å². The summed E-state index contributed by atoms with van der Waals surface area (Å²) in [7, 11) is 1.60. The van der Waals surface area contributed by atoms with E-state index < -0.39 is 24.1 Å². The highest BCUT2D eigenvalue weighted by Crippen LogP contribution is 2.40. The normalized spacial score (nSPS) is 16.4. The van der Waals surface area contributed by atoms with Crippen LogP contribution in [0.3, 0.4) is 0 Å². The van der Waals surface area contributed by atoms with E-state index in [1.165, 1.54) is 10.6 Å². The smallest absolute Gasteiger partial charge is 0.419 e. The number of halogens is 2. The van der Waals surface area contributed by atoms with E-state index in [0.717, 1.165) is 34.9 Å². The number of ether oxygens (including phenoxy) is 3. The first-order valence-corrected chi connectivity index (χ1v) is 13.7. The minimum Gasteiger partial charge on any atom is -0.496 e. The molecule has 40 heavy (non-hydrogen) atoms. The molecular weight excluding hydrogens is 518 g/mol. The largest absolute Gasteiger partial charge is 0.496 e. The molecule has 2 heterocycles. The second-order valence-corrected chi connectivity index (χ2v) is 11.1. The summed E-state index contributed by atoms with van der Waals surface area (Å²) < 4.78 is 46.5. The van der Waals surface area contributed by atoms with Gasteiger partial charge in [-0.25, -0.2) is 18.4 Å². The number of nitrogens with zero attached hydrogens (tertiary/aromatic N) is 2. The van der Waals surface area contributed by atoms with E-state index in [-0.39, 0.29) is 23.8 Å². The van der Waals surface area contributed by atoms with E-state index in [0.29, 0.717) is 30.8 Å². The summed E-state index contributed by atoms with van der Waals surface area (Å²) in [6.45, 7) is 10.4. The molecule has 1 aliphatic rings. The van der Waals surface area contributed by atoms with Gasteiger partial charge in [0.2, 0.25) is 0 Å². The summed E-state index contributed by atoms with van der Waals surface area (Å²) in [5, 5.41) is 0.846. The van der Waals surface area contributed by atoms with Crippen LogP contribution in [-0.4, -0.2) is 47.4 Å². The molecule has 1 atom stereocenters. The van der Waals surface area contributed by atoms with Gasteiger partial charge in [-0.2, -0.15) is 0 Å². The third kappa shape index (κ3) is 6.14. The lowest BCUT2D eigenvalue weighted by atomic mass is 9.90. The molecule has 0 bridgehead atoms. The molecule has 0 radical (unpaired) electrons. The number of carbonyl (C=O) groups is 2. The average molecular weight is 557 g/mol. The van der Waals surface area contributed by atoms with E-state index in [1.54, 1.807) is 32.4 Å². The third-order valence-electron chi connectivity index (χ3n) is 7.21. The van der Waals surface area contributed by atoms with Crippen molar-refractivity contribution in [1.82, 2.24) is 9.47 Å². The maximum atomic E-state index is 14.3. The number of aryl methyl sites for hydroxylation is 1. The van der Waals surface area contributed by atoms with Gasteiger partial charge in [0.25, 0.3) is 6.43 Å². The van der Waals surface area contributed by atoms with Gasteiger partial charge in [-0.05, 0) is 89.4 Å². The number of hydrogen-bond donors (Lipinski definition) is 0. The van der Waals surface area contributed by atoms with Gasteiger partial charge in [0.15, 0.2) is 0 Å². The molecule has 7 nitrogen and oxygen atoms in total. The predicted octanol–water partition coefficient (Wildman–Crippen LogP) is 7.58. The van der Waals surface area contributed by atoms with Crippen molar-refractivity contribution in [2.75, 3.05) is 20.3 Å². The molecule has 1 unspecified atom stereocenters. The van der Waals surface area contributed by atoms with Crippen molar-refractivity contribution in [2.24, 2.45) is 0 Å². The number of hydrogen-bond acceptors (Lipinski definition) is 6. The van der Waals surface area contributed by atoms with Crippen LogP contribution >= 0.6 is 0 Å². The van der Waals surface area contributed by atoms with Crippen molar-refractivity contribution in [3.63, 3.8) is 0 Å². The number of benzene rings is 2. The highest BCUT2D eigenvalue weighted by atomic mass is 19.3. The lowest BCUT2D eigenvalue weighted by Crippen LogP contribution is -2.34. The zero-order chi connectivity index (χ0) is 29.2. The number of piperidine rings is 1. The van der Waals surface area contributed by atoms with Gasteiger partial charge < -0.3 is 14.2 Å². The van der Waals surface area contributed by atoms with Gasteiger partial charge in [0.1, 0.15) is 11.4 Å². The molecule has 1 aromatic heterocycles. The van der Waals surface area contributed by atoms with Crippen LogP contribution < -0.4 is 4.74 Å². The number of carbonyl (C=O) groups excluding carboxylic acids is 2. The molecule has 216 valence electrons. The van der Waals surface area contributed by atoms with E-state index in [1.807, 2.05) is 39.8 Å².